The maximum absolute atomic E-state index is 11.2. The number of fused-ring (bicyclic) bond motifs is 1. The third-order valence-electron chi connectivity index (χ3n) is 2.93. The van der Waals surface area contributed by atoms with Gasteiger partial charge in [-0.05, 0) is 12.8 Å². The minimum absolute atomic E-state index is 0. The van der Waals surface area contributed by atoms with Gasteiger partial charge in [0.15, 0.2) is 0 Å². The Bertz CT molecular complexity index is 527. The molecule has 0 saturated heterocycles. The van der Waals surface area contributed by atoms with Crippen LogP contribution in [0, 0.1) is 6.07 Å². The van der Waals surface area contributed by atoms with Crippen molar-refractivity contribution in [2.75, 3.05) is 5.32 Å². The number of carbonyl (C=O) groups is 2. The number of hydrogen-bond acceptors (Lipinski definition) is 4. The van der Waals surface area contributed by atoms with Gasteiger partial charge in [0, 0.05) is 39.1 Å². The van der Waals surface area contributed by atoms with E-state index in [9.17, 15) is 14.7 Å². The summed E-state index contributed by atoms with van der Waals surface area (Å²) in [6, 6.07) is 2.91. The first-order chi connectivity index (χ1) is 8.44. The Labute approximate surface area is 191 Å². The van der Waals surface area contributed by atoms with E-state index < -0.39 is 11.5 Å². The van der Waals surface area contributed by atoms with Crippen molar-refractivity contribution in [1.29, 1.82) is 0 Å². The van der Waals surface area contributed by atoms with E-state index in [2.05, 4.69) is 16.4 Å². The van der Waals surface area contributed by atoms with Gasteiger partial charge in [0.1, 0.15) is 5.60 Å². The fourth-order valence-electron chi connectivity index (χ4n) is 1.88. The van der Waals surface area contributed by atoms with Gasteiger partial charge < -0.3 is 25.9 Å². The average Bonchev–Trinajstić information content (AvgIpc) is 2.66. The monoisotopic (exact) mass is 421 g/mol. The second-order valence-electron chi connectivity index (χ2n) is 4.34. The summed E-state index contributed by atoms with van der Waals surface area (Å²) in [7, 11) is 0. The Hall–Kier alpha value is 0.959. The van der Waals surface area contributed by atoms with Crippen LogP contribution in [-0.2, 0) is 55.1 Å². The normalized spacial score (nSPS) is 19.3. The summed E-state index contributed by atoms with van der Waals surface area (Å²) in [6.07, 6.45) is 1.84. The molecule has 0 fully saturated rings. The summed E-state index contributed by atoms with van der Waals surface area (Å²) in [5.41, 5.74) is 6.89. The molecule has 0 spiro atoms. The third kappa shape index (κ3) is 4.73. The molecule has 1 unspecified atom stereocenters. The molecule has 99 valence electrons. The van der Waals surface area contributed by atoms with Gasteiger partial charge in [-0.1, -0.05) is 24.5 Å². The maximum Gasteiger partial charge on any atom is 1.00 e. The zero-order valence-electron chi connectivity index (χ0n) is 11.5. The second-order valence-corrected chi connectivity index (χ2v) is 4.34. The van der Waals surface area contributed by atoms with Gasteiger partial charge in [0.25, 0.3) is 0 Å². The molecule has 1 aromatic rings. The number of rotatable bonds is 3. The number of amides is 2. The van der Waals surface area contributed by atoms with Crippen LogP contribution < -0.4 is 63.5 Å². The molecule has 3 N–H and O–H groups in total. The van der Waals surface area contributed by atoms with Crippen molar-refractivity contribution < 1.29 is 106 Å². The van der Waals surface area contributed by atoms with Gasteiger partial charge in [0.05, 0.1) is 5.91 Å². The topological polar surface area (TPSA) is 103 Å². The summed E-state index contributed by atoms with van der Waals surface area (Å²) >= 11 is 0. The number of aromatic nitrogens is 1. The predicted octanol–water partition coefficient (Wildman–Crippen LogP) is -2.36. The van der Waals surface area contributed by atoms with Crippen molar-refractivity contribution in [2.45, 2.75) is 31.8 Å². The molecule has 0 bridgehead atoms. The van der Waals surface area contributed by atoms with Crippen molar-refractivity contribution in [3.63, 3.8) is 0 Å². The molecule has 1 atom stereocenters. The van der Waals surface area contributed by atoms with E-state index >= 15 is 0 Å². The molecule has 1 aliphatic rings. The van der Waals surface area contributed by atoms with Crippen molar-refractivity contribution in [3.8, 4) is 0 Å². The molecular formula is C12H13N3O3RbY-. The van der Waals surface area contributed by atoms with Crippen molar-refractivity contribution >= 4 is 17.5 Å². The zero-order valence-corrected chi connectivity index (χ0v) is 19.2. The Kier molecular flexibility index (Phi) is 8.96. The van der Waals surface area contributed by atoms with Gasteiger partial charge in [-0.25, -0.2) is 0 Å². The molecule has 8 heteroatoms. The van der Waals surface area contributed by atoms with E-state index in [-0.39, 0.29) is 110 Å². The molecular weight excluding hydrogens is 409 g/mol. The van der Waals surface area contributed by atoms with E-state index in [1.165, 1.54) is 6.20 Å². The summed E-state index contributed by atoms with van der Waals surface area (Å²) in [5.74, 6) is -1.18. The van der Waals surface area contributed by atoms with Crippen LogP contribution in [-0.4, -0.2) is 27.5 Å². The number of nitrogens with zero attached hydrogens (tertiary/aromatic N) is 1. The SMILES string of the molecule is CCC(=O)Nc1[c-]c2c(nc1)CC(O)(C([NH-])=O)C2.[Rb+].[Y]. The van der Waals surface area contributed by atoms with Crippen LogP contribution in [0.25, 0.3) is 5.73 Å². The Balaban J connectivity index is 0.00000180. The Morgan fingerprint density at radius 3 is 2.75 bits per heavy atom. The van der Waals surface area contributed by atoms with Crippen LogP contribution in [0.5, 0.6) is 0 Å². The Morgan fingerprint density at radius 2 is 2.20 bits per heavy atom. The molecule has 1 aliphatic carbocycles. The quantitative estimate of drug-likeness (QED) is 0.533. The van der Waals surface area contributed by atoms with E-state index in [0.717, 1.165) is 0 Å². The van der Waals surface area contributed by atoms with Crippen LogP contribution in [0.3, 0.4) is 0 Å². The van der Waals surface area contributed by atoms with E-state index in [1.807, 2.05) is 0 Å². The summed E-state index contributed by atoms with van der Waals surface area (Å²) in [4.78, 5) is 26.4. The minimum Gasteiger partial charge on any atom is -0.665 e. The van der Waals surface area contributed by atoms with Crippen LogP contribution in [0.2, 0.25) is 0 Å². The number of hydrogen-bond donors (Lipinski definition) is 2. The fraction of sp³-hybridized carbons (Fsp3) is 0.417. The predicted molar refractivity (Wildman–Crippen MR) is 63.7 cm³/mol. The standard InChI is InChI=1S/C12H14N3O3.Rb.Y/c1-2-10(16)15-8-3-7-4-12(18,11(13)17)5-9(7)14-6-8;;/h6,18H,2,4-5H2,1H3,(H3,13,15,16,17);;/q-1;+1;/p-1. The summed E-state index contributed by atoms with van der Waals surface area (Å²) < 4.78 is 0. The largest absolute Gasteiger partial charge is 1.00 e. The van der Waals surface area contributed by atoms with Gasteiger partial charge in [-0.2, -0.15) is 6.07 Å². The third-order valence-corrected chi connectivity index (χ3v) is 2.93. The minimum atomic E-state index is -1.70. The molecule has 20 heavy (non-hydrogen) atoms. The van der Waals surface area contributed by atoms with Gasteiger partial charge in [-0.3, -0.25) is 4.79 Å². The van der Waals surface area contributed by atoms with Crippen LogP contribution in [0.1, 0.15) is 24.6 Å². The molecule has 0 aromatic carbocycles. The molecule has 6 nitrogen and oxygen atoms in total. The Morgan fingerprint density at radius 1 is 1.55 bits per heavy atom. The van der Waals surface area contributed by atoms with Crippen LogP contribution in [0.15, 0.2) is 6.20 Å². The number of anilines is 1. The average molecular weight is 422 g/mol. The van der Waals surface area contributed by atoms with Crippen molar-refractivity contribution in [1.82, 2.24) is 4.98 Å². The molecule has 2 amide bonds. The van der Waals surface area contributed by atoms with Crippen LogP contribution >= 0.6 is 0 Å². The summed E-state index contributed by atoms with van der Waals surface area (Å²) in [5, 5.41) is 12.5. The first-order valence-electron chi connectivity index (χ1n) is 5.63. The molecule has 0 aliphatic heterocycles. The molecule has 1 radical (unpaired) electrons. The van der Waals surface area contributed by atoms with Gasteiger partial charge in [0.2, 0.25) is 5.91 Å². The van der Waals surface area contributed by atoms with E-state index in [1.54, 1.807) is 6.92 Å². The molecule has 0 saturated carbocycles. The molecule has 1 heterocycles. The maximum atomic E-state index is 11.2. The number of nitrogens with one attached hydrogen (secondary N) is 2. The number of aliphatic hydroxyl groups is 1. The number of carbonyl (C=O) groups excluding carboxylic acids is 2. The van der Waals surface area contributed by atoms with Gasteiger partial charge in [-0.15, -0.1) is 5.56 Å². The van der Waals surface area contributed by atoms with Crippen LogP contribution in [0.4, 0.5) is 5.69 Å². The fourth-order valence-corrected chi connectivity index (χ4v) is 1.88. The van der Waals surface area contributed by atoms with Crippen molar-refractivity contribution in [3.05, 3.63) is 29.3 Å². The van der Waals surface area contributed by atoms with E-state index in [4.69, 9.17) is 5.73 Å². The van der Waals surface area contributed by atoms with Crippen molar-refractivity contribution in [2.24, 2.45) is 0 Å². The van der Waals surface area contributed by atoms with Gasteiger partial charge >= 0.3 is 58.2 Å². The first-order valence-corrected chi connectivity index (χ1v) is 5.63. The molecule has 1 aromatic heterocycles. The van der Waals surface area contributed by atoms with E-state index in [0.29, 0.717) is 23.4 Å². The number of pyridine rings is 1. The first kappa shape index (κ1) is 21.0. The molecule has 2 rings (SSSR count). The second kappa shape index (κ2) is 8.55. The smallest absolute Gasteiger partial charge is 0.665 e. The zero-order chi connectivity index (χ0) is 13.3. The summed E-state index contributed by atoms with van der Waals surface area (Å²) in [6.45, 7) is 1.73.